The number of rotatable bonds is 4. The van der Waals surface area contributed by atoms with Crippen LogP contribution < -0.4 is 4.18 Å². The summed E-state index contributed by atoms with van der Waals surface area (Å²) in [6, 6.07) is 6.52. The van der Waals surface area contributed by atoms with Crippen LogP contribution in [0.1, 0.15) is 15.2 Å². The first-order valence-corrected chi connectivity index (χ1v) is 8.63. The van der Waals surface area contributed by atoms with Gasteiger partial charge in [0, 0.05) is 10.9 Å². The van der Waals surface area contributed by atoms with Crippen molar-refractivity contribution < 1.29 is 35.3 Å². The molecule has 0 spiro atoms. The van der Waals surface area contributed by atoms with Crippen LogP contribution in [0.25, 0.3) is 11.1 Å². The fourth-order valence-corrected chi connectivity index (χ4v) is 3.21. The molecule has 0 radical (unpaired) electrons. The SMILES string of the molecule is COC(=O)c1scc(-c2ccc(C)cc2)c1OS(=O)(=O)C(F)(F)F. The Morgan fingerprint density at radius 1 is 1.17 bits per heavy atom. The zero-order chi connectivity index (χ0) is 18.1. The van der Waals surface area contributed by atoms with Gasteiger partial charge in [0.25, 0.3) is 0 Å². The van der Waals surface area contributed by atoms with Crippen LogP contribution in [0.15, 0.2) is 29.6 Å². The first-order chi connectivity index (χ1) is 11.1. The Morgan fingerprint density at radius 3 is 2.25 bits per heavy atom. The van der Waals surface area contributed by atoms with Crippen LogP contribution in [0.2, 0.25) is 0 Å². The Bertz CT molecular complexity index is 852. The molecule has 0 aliphatic rings. The number of thiophene rings is 1. The van der Waals surface area contributed by atoms with Crippen molar-refractivity contribution in [1.82, 2.24) is 0 Å². The van der Waals surface area contributed by atoms with Gasteiger partial charge in [-0.25, -0.2) is 4.79 Å². The number of hydrogen-bond donors (Lipinski definition) is 0. The van der Waals surface area contributed by atoms with E-state index in [2.05, 4.69) is 8.92 Å². The van der Waals surface area contributed by atoms with Crippen molar-refractivity contribution in [3.63, 3.8) is 0 Å². The second kappa shape index (κ2) is 6.44. The number of esters is 1. The summed E-state index contributed by atoms with van der Waals surface area (Å²) in [5.41, 5.74) is -4.27. The number of carbonyl (C=O) groups is 1. The molecule has 10 heteroatoms. The molecule has 0 saturated heterocycles. The van der Waals surface area contributed by atoms with Crippen molar-refractivity contribution in [1.29, 1.82) is 0 Å². The molecule has 1 aromatic heterocycles. The van der Waals surface area contributed by atoms with Crippen LogP contribution in [0.5, 0.6) is 5.75 Å². The zero-order valence-electron chi connectivity index (χ0n) is 12.4. The maximum absolute atomic E-state index is 12.6. The third-order valence-corrected chi connectivity index (χ3v) is 4.85. The number of halogens is 3. The molecular formula is C14H11F3O5S2. The lowest BCUT2D eigenvalue weighted by atomic mass is 10.1. The van der Waals surface area contributed by atoms with Gasteiger partial charge in [0.2, 0.25) is 0 Å². The molecule has 5 nitrogen and oxygen atoms in total. The average molecular weight is 380 g/mol. The molecule has 0 aliphatic carbocycles. The van der Waals surface area contributed by atoms with E-state index >= 15 is 0 Å². The Labute approximate surface area is 139 Å². The minimum atomic E-state index is -5.92. The molecular weight excluding hydrogens is 369 g/mol. The summed E-state index contributed by atoms with van der Waals surface area (Å²) in [7, 11) is -4.90. The summed E-state index contributed by atoms with van der Waals surface area (Å²) in [4.78, 5) is 11.3. The second-order valence-corrected chi connectivity index (χ2v) is 7.07. The number of aryl methyl sites for hydroxylation is 1. The quantitative estimate of drug-likeness (QED) is 0.459. The van der Waals surface area contributed by atoms with E-state index in [1.807, 2.05) is 6.92 Å². The van der Waals surface area contributed by atoms with Gasteiger partial charge in [0.05, 0.1) is 7.11 Å². The topological polar surface area (TPSA) is 69.7 Å². The molecule has 0 saturated carbocycles. The maximum Gasteiger partial charge on any atom is 0.534 e. The number of benzene rings is 1. The fraction of sp³-hybridized carbons (Fsp3) is 0.214. The number of methoxy groups -OCH3 is 1. The lowest BCUT2D eigenvalue weighted by Crippen LogP contribution is -2.28. The molecule has 0 N–H and O–H groups in total. The van der Waals surface area contributed by atoms with Crippen LogP contribution in [-0.2, 0) is 14.9 Å². The largest absolute Gasteiger partial charge is 0.534 e. The van der Waals surface area contributed by atoms with Crippen LogP contribution in [0.4, 0.5) is 13.2 Å². The fourth-order valence-electron chi connectivity index (χ4n) is 1.75. The van der Waals surface area contributed by atoms with Gasteiger partial charge in [-0.05, 0) is 12.5 Å². The van der Waals surface area contributed by atoms with Gasteiger partial charge in [-0.2, -0.15) is 21.6 Å². The summed E-state index contributed by atoms with van der Waals surface area (Å²) in [5.74, 6) is -1.70. The normalized spacial score (nSPS) is 12.0. The van der Waals surface area contributed by atoms with Gasteiger partial charge in [0.15, 0.2) is 10.6 Å². The number of hydrogen-bond acceptors (Lipinski definition) is 6. The standard InChI is InChI=1S/C14H11F3O5S2/c1-8-3-5-9(6-4-8)10-7-23-12(13(18)21-2)11(10)22-24(19,20)14(15,16)17/h3-7H,1-2H3. The first-order valence-electron chi connectivity index (χ1n) is 6.34. The third-order valence-electron chi connectivity index (χ3n) is 2.96. The smallest absolute Gasteiger partial charge is 0.465 e. The van der Waals surface area contributed by atoms with Crippen LogP contribution in [-0.4, -0.2) is 27.0 Å². The molecule has 24 heavy (non-hydrogen) atoms. The molecule has 0 atom stereocenters. The highest BCUT2D eigenvalue weighted by atomic mass is 32.2. The number of alkyl halides is 3. The van der Waals surface area contributed by atoms with Gasteiger partial charge in [-0.15, -0.1) is 11.3 Å². The van der Waals surface area contributed by atoms with Gasteiger partial charge in [-0.3, -0.25) is 0 Å². The minimum absolute atomic E-state index is 0.0493. The highest BCUT2D eigenvalue weighted by Gasteiger charge is 2.49. The van der Waals surface area contributed by atoms with Crippen molar-refractivity contribution in [3.05, 3.63) is 40.1 Å². The summed E-state index contributed by atoms with van der Waals surface area (Å²) in [5, 5.41) is 1.33. The van der Waals surface area contributed by atoms with E-state index < -0.39 is 27.3 Å². The molecule has 0 fully saturated rings. The third kappa shape index (κ3) is 3.54. The van der Waals surface area contributed by atoms with E-state index in [1.165, 1.54) is 5.38 Å². The Kier molecular flexibility index (Phi) is 4.90. The van der Waals surface area contributed by atoms with Crippen LogP contribution in [0, 0.1) is 6.92 Å². The van der Waals surface area contributed by atoms with E-state index in [1.54, 1.807) is 24.3 Å². The Balaban J connectivity index is 2.60. The van der Waals surface area contributed by atoms with E-state index in [0.29, 0.717) is 5.56 Å². The van der Waals surface area contributed by atoms with Crippen LogP contribution in [0.3, 0.4) is 0 Å². The molecule has 1 heterocycles. The van der Waals surface area contributed by atoms with Crippen molar-refractivity contribution in [2.24, 2.45) is 0 Å². The van der Waals surface area contributed by atoms with Gasteiger partial charge < -0.3 is 8.92 Å². The molecule has 2 aromatic rings. The van der Waals surface area contributed by atoms with Crippen molar-refractivity contribution in [2.45, 2.75) is 12.4 Å². The lowest BCUT2D eigenvalue weighted by Gasteiger charge is -2.11. The minimum Gasteiger partial charge on any atom is -0.465 e. The van der Waals surface area contributed by atoms with E-state index in [9.17, 15) is 26.4 Å². The monoisotopic (exact) mass is 380 g/mol. The van der Waals surface area contributed by atoms with Gasteiger partial charge in [0.1, 0.15) is 0 Å². The molecule has 130 valence electrons. The van der Waals surface area contributed by atoms with Crippen molar-refractivity contribution >= 4 is 27.4 Å². The Hall–Kier alpha value is -2.07. The van der Waals surface area contributed by atoms with Gasteiger partial charge >= 0.3 is 21.6 Å². The summed E-state index contributed by atoms with van der Waals surface area (Å²) < 4.78 is 69.1. The second-order valence-electron chi connectivity index (χ2n) is 4.65. The molecule has 0 bridgehead atoms. The summed E-state index contributed by atoms with van der Waals surface area (Å²) in [6.07, 6.45) is 0. The number of carbonyl (C=O) groups excluding carboxylic acids is 1. The Morgan fingerprint density at radius 2 is 1.75 bits per heavy atom. The van der Waals surface area contributed by atoms with Crippen molar-refractivity contribution in [3.8, 4) is 16.9 Å². The van der Waals surface area contributed by atoms with Crippen molar-refractivity contribution in [2.75, 3.05) is 7.11 Å². The first kappa shape index (κ1) is 18.3. The number of ether oxygens (including phenoxy) is 1. The molecule has 0 aliphatic heterocycles. The lowest BCUT2D eigenvalue weighted by molar-refractivity contribution is -0.0500. The van der Waals surface area contributed by atoms with E-state index in [4.69, 9.17) is 0 Å². The van der Waals surface area contributed by atoms with Gasteiger partial charge in [-0.1, -0.05) is 29.8 Å². The zero-order valence-corrected chi connectivity index (χ0v) is 14.0. The predicted octanol–water partition coefficient (Wildman–Crippen LogP) is 3.74. The highest BCUT2D eigenvalue weighted by molar-refractivity contribution is 7.88. The van der Waals surface area contributed by atoms with Crippen LogP contribution >= 0.6 is 11.3 Å². The molecule has 2 rings (SSSR count). The highest BCUT2D eigenvalue weighted by Crippen LogP contribution is 2.41. The average Bonchev–Trinajstić information content (AvgIpc) is 2.89. The molecule has 1 aromatic carbocycles. The molecule has 0 unspecified atom stereocenters. The molecule has 0 amide bonds. The predicted molar refractivity (Wildman–Crippen MR) is 81.4 cm³/mol. The van der Waals surface area contributed by atoms with E-state index in [0.717, 1.165) is 24.0 Å². The van der Waals surface area contributed by atoms with E-state index in [-0.39, 0.29) is 10.4 Å². The maximum atomic E-state index is 12.6. The summed E-state index contributed by atoms with van der Waals surface area (Å²) in [6.45, 7) is 1.81. The summed E-state index contributed by atoms with van der Waals surface area (Å²) >= 11 is 0.728.